The van der Waals surface area contributed by atoms with E-state index in [0.29, 0.717) is 11.4 Å². The van der Waals surface area contributed by atoms with E-state index in [9.17, 15) is 4.79 Å². The smallest absolute Gasteiger partial charge is 0.308 e. The molecule has 0 fully saturated rings. The molecule has 1 N–H and O–H groups in total. The SMILES string of the molecule is CC(=O)Oc1c(C(C)(C)C)cc(Nc2cc(Cl)nnc2Cl)cc1C(C)(C)C. The zero-order valence-corrected chi connectivity index (χ0v) is 18.2. The number of carbonyl (C=O) groups is 1. The highest BCUT2D eigenvalue weighted by Gasteiger charge is 2.29. The number of esters is 1. The number of nitrogens with zero attached hydrogens (tertiary/aromatic N) is 2. The monoisotopic (exact) mass is 409 g/mol. The largest absolute Gasteiger partial charge is 0.426 e. The van der Waals surface area contributed by atoms with Crippen LogP contribution in [0, 0.1) is 0 Å². The summed E-state index contributed by atoms with van der Waals surface area (Å²) < 4.78 is 5.64. The average molecular weight is 410 g/mol. The third-order valence-corrected chi connectivity index (χ3v) is 4.41. The predicted molar refractivity (Wildman–Crippen MR) is 110 cm³/mol. The Morgan fingerprint density at radius 3 is 1.93 bits per heavy atom. The molecular weight excluding hydrogens is 385 g/mol. The Bertz CT molecular complexity index is 834. The molecule has 0 saturated heterocycles. The Balaban J connectivity index is 2.69. The quantitative estimate of drug-likeness (QED) is 0.493. The number of hydrogen-bond donors (Lipinski definition) is 1. The summed E-state index contributed by atoms with van der Waals surface area (Å²) in [4.78, 5) is 11.7. The molecule has 1 heterocycles. The highest BCUT2D eigenvalue weighted by atomic mass is 35.5. The van der Waals surface area contributed by atoms with E-state index >= 15 is 0 Å². The van der Waals surface area contributed by atoms with Crippen LogP contribution in [0.2, 0.25) is 10.3 Å². The van der Waals surface area contributed by atoms with Gasteiger partial charge >= 0.3 is 5.97 Å². The van der Waals surface area contributed by atoms with E-state index in [1.807, 2.05) is 12.1 Å². The van der Waals surface area contributed by atoms with Gasteiger partial charge in [-0.3, -0.25) is 4.79 Å². The molecule has 7 heteroatoms. The molecule has 146 valence electrons. The van der Waals surface area contributed by atoms with E-state index in [0.717, 1.165) is 16.8 Å². The lowest BCUT2D eigenvalue weighted by molar-refractivity contribution is -0.132. The summed E-state index contributed by atoms with van der Waals surface area (Å²) in [6.45, 7) is 13.8. The summed E-state index contributed by atoms with van der Waals surface area (Å²) in [7, 11) is 0. The summed E-state index contributed by atoms with van der Waals surface area (Å²) in [6.07, 6.45) is 0. The number of hydrogen-bond acceptors (Lipinski definition) is 5. The summed E-state index contributed by atoms with van der Waals surface area (Å²) >= 11 is 12.1. The van der Waals surface area contributed by atoms with Crippen molar-refractivity contribution in [2.45, 2.75) is 59.3 Å². The van der Waals surface area contributed by atoms with Crippen LogP contribution in [0.3, 0.4) is 0 Å². The van der Waals surface area contributed by atoms with E-state index in [1.165, 1.54) is 6.92 Å². The Labute approximate surface area is 170 Å². The number of halogens is 2. The van der Waals surface area contributed by atoms with Crippen molar-refractivity contribution in [2.24, 2.45) is 0 Å². The first-order chi connectivity index (χ1) is 12.3. The summed E-state index contributed by atoms with van der Waals surface area (Å²) in [5.74, 6) is 0.255. The molecule has 1 aromatic carbocycles. The third kappa shape index (κ3) is 5.33. The predicted octanol–water partition coefficient (Wildman–Crippen LogP) is 6.05. The minimum Gasteiger partial charge on any atom is -0.426 e. The molecule has 0 spiro atoms. The second-order valence-corrected chi connectivity index (χ2v) is 9.24. The van der Waals surface area contributed by atoms with Gasteiger partial charge in [0.05, 0.1) is 5.69 Å². The molecule has 0 amide bonds. The Morgan fingerprint density at radius 1 is 0.963 bits per heavy atom. The van der Waals surface area contributed by atoms with Crippen molar-refractivity contribution < 1.29 is 9.53 Å². The number of nitrogens with one attached hydrogen (secondary N) is 1. The first-order valence-corrected chi connectivity index (χ1v) is 9.38. The normalized spacial score (nSPS) is 12.0. The van der Waals surface area contributed by atoms with E-state index in [2.05, 4.69) is 57.1 Å². The van der Waals surface area contributed by atoms with Gasteiger partial charge in [0.1, 0.15) is 5.75 Å². The Hall–Kier alpha value is -1.85. The van der Waals surface area contributed by atoms with Crippen molar-refractivity contribution in [3.05, 3.63) is 39.6 Å². The van der Waals surface area contributed by atoms with Crippen LogP contribution in [0.5, 0.6) is 5.75 Å². The van der Waals surface area contributed by atoms with Gasteiger partial charge in [-0.2, -0.15) is 0 Å². The Morgan fingerprint density at radius 2 is 1.48 bits per heavy atom. The molecule has 2 rings (SSSR count). The van der Waals surface area contributed by atoms with Crippen LogP contribution in [0.15, 0.2) is 18.2 Å². The fraction of sp³-hybridized carbons (Fsp3) is 0.450. The van der Waals surface area contributed by atoms with Crippen LogP contribution in [0.1, 0.15) is 59.6 Å². The number of aromatic nitrogens is 2. The lowest BCUT2D eigenvalue weighted by atomic mass is 9.79. The maximum Gasteiger partial charge on any atom is 0.308 e. The van der Waals surface area contributed by atoms with E-state index < -0.39 is 0 Å². The molecule has 0 bridgehead atoms. The molecule has 2 aromatic rings. The molecule has 0 saturated carbocycles. The van der Waals surface area contributed by atoms with Crippen molar-refractivity contribution in [1.29, 1.82) is 0 Å². The van der Waals surface area contributed by atoms with E-state index in [-0.39, 0.29) is 27.1 Å². The van der Waals surface area contributed by atoms with E-state index in [4.69, 9.17) is 27.9 Å². The number of benzene rings is 1. The van der Waals surface area contributed by atoms with Gasteiger partial charge < -0.3 is 10.1 Å². The van der Waals surface area contributed by atoms with Crippen LogP contribution >= 0.6 is 23.2 Å². The highest BCUT2D eigenvalue weighted by molar-refractivity contribution is 6.33. The second-order valence-electron chi connectivity index (χ2n) is 8.49. The minimum absolute atomic E-state index is 0.220. The second kappa shape index (κ2) is 7.64. The van der Waals surface area contributed by atoms with Crippen molar-refractivity contribution in [1.82, 2.24) is 10.2 Å². The molecule has 0 aliphatic carbocycles. The third-order valence-electron chi connectivity index (χ3n) is 3.95. The fourth-order valence-electron chi connectivity index (χ4n) is 2.67. The topological polar surface area (TPSA) is 64.1 Å². The van der Waals surface area contributed by atoms with Crippen molar-refractivity contribution in [3.8, 4) is 5.75 Å². The van der Waals surface area contributed by atoms with Crippen LogP contribution in [-0.2, 0) is 15.6 Å². The lowest BCUT2D eigenvalue weighted by Gasteiger charge is -2.30. The van der Waals surface area contributed by atoms with Crippen LogP contribution in [0.25, 0.3) is 0 Å². The Kier molecular flexibility index (Phi) is 6.07. The zero-order chi connectivity index (χ0) is 20.6. The molecule has 0 aliphatic heterocycles. The first-order valence-electron chi connectivity index (χ1n) is 8.62. The van der Waals surface area contributed by atoms with Crippen molar-refractivity contribution in [3.63, 3.8) is 0 Å². The maximum absolute atomic E-state index is 11.7. The molecule has 27 heavy (non-hydrogen) atoms. The molecule has 0 unspecified atom stereocenters. The number of rotatable bonds is 3. The molecule has 0 radical (unpaired) electrons. The number of ether oxygens (including phenoxy) is 1. The van der Waals surface area contributed by atoms with Crippen LogP contribution in [0.4, 0.5) is 11.4 Å². The maximum atomic E-state index is 11.7. The molecule has 1 aromatic heterocycles. The van der Waals surface area contributed by atoms with Gasteiger partial charge in [0.15, 0.2) is 10.3 Å². The zero-order valence-electron chi connectivity index (χ0n) is 16.7. The lowest BCUT2D eigenvalue weighted by Crippen LogP contribution is -2.21. The van der Waals surface area contributed by atoms with Crippen LogP contribution in [-0.4, -0.2) is 16.2 Å². The van der Waals surface area contributed by atoms with Gasteiger partial charge in [0.2, 0.25) is 0 Å². The van der Waals surface area contributed by atoms with Crippen molar-refractivity contribution in [2.75, 3.05) is 5.32 Å². The summed E-state index contributed by atoms with van der Waals surface area (Å²) in [5.41, 5.74) is 2.68. The molecule has 5 nitrogen and oxygen atoms in total. The summed E-state index contributed by atoms with van der Waals surface area (Å²) in [6, 6.07) is 5.53. The van der Waals surface area contributed by atoms with E-state index in [1.54, 1.807) is 6.07 Å². The average Bonchev–Trinajstić information content (AvgIpc) is 2.49. The molecular formula is C20H25Cl2N3O2. The van der Waals surface area contributed by atoms with Gasteiger partial charge in [-0.1, -0.05) is 64.7 Å². The van der Waals surface area contributed by atoms with Gasteiger partial charge in [0, 0.05) is 29.8 Å². The molecule has 0 aliphatic rings. The minimum atomic E-state index is -0.347. The number of anilines is 2. The van der Waals surface area contributed by atoms with Gasteiger partial charge in [-0.25, -0.2) is 0 Å². The van der Waals surface area contributed by atoms with Crippen LogP contribution < -0.4 is 10.1 Å². The molecule has 0 atom stereocenters. The number of carbonyl (C=O) groups excluding carboxylic acids is 1. The van der Waals surface area contributed by atoms with Gasteiger partial charge in [0.25, 0.3) is 0 Å². The standard InChI is InChI=1S/C20H25Cl2N3O2/c1-11(26)27-17-13(19(2,3)4)8-12(9-14(17)20(5,6)7)23-15-10-16(21)24-25-18(15)22/h8-10H,1-7H3,(H,23,24). The van der Waals surface area contributed by atoms with Crippen molar-refractivity contribution >= 4 is 40.5 Å². The fourth-order valence-corrected chi connectivity index (χ4v) is 2.95. The van der Waals surface area contributed by atoms with Gasteiger partial charge in [-0.05, 0) is 23.0 Å². The highest BCUT2D eigenvalue weighted by Crippen LogP contribution is 2.42. The summed E-state index contributed by atoms with van der Waals surface area (Å²) in [5, 5.41) is 11.3. The van der Waals surface area contributed by atoms with Gasteiger partial charge in [-0.15, -0.1) is 10.2 Å². The first kappa shape index (κ1) is 21.5.